The first-order valence-electron chi connectivity index (χ1n) is 14.9. The van der Waals surface area contributed by atoms with Crippen molar-refractivity contribution < 1.29 is 14.7 Å². The van der Waals surface area contributed by atoms with Crippen molar-refractivity contribution in [2.75, 3.05) is 36.9 Å². The zero-order valence-electron chi connectivity index (χ0n) is 25.1. The monoisotopic (exact) mass is 640 g/mol. The van der Waals surface area contributed by atoms with Crippen molar-refractivity contribution in [2.45, 2.75) is 77.4 Å². The third kappa shape index (κ3) is 4.95. The zero-order chi connectivity index (χ0) is 29.8. The molecule has 0 aromatic carbocycles. The molecule has 3 saturated carbocycles. The van der Waals surface area contributed by atoms with E-state index in [1.54, 1.807) is 7.05 Å². The minimum Gasteiger partial charge on any atom is -0.465 e. The van der Waals surface area contributed by atoms with Crippen molar-refractivity contribution >= 4 is 44.7 Å². The predicted octanol–water partition coefficient (Wildman–Crippen LogP) is 4.27. The number of halogens is 1. The van der Waals surface area contributed by atoms with Crippen molar-refractivity contribution in [3.63, 3.8) is 0 Å². The van der Waals surface area contributed by atoms with Crippen LogP contribution in [0.1, 0.15) is 61.2 Å². The normalized spacial score (nSPS) is 23.3. The molecule has 3 fully saturated rings. The number of aryl methyl sites for hydroxylation is 3. The number of alkyl halides is 1. The highest BCUT2D eigenvalue weighted by Gasteiger charge is 2.52. The summed E-state index contributed by atoms with van der Waals surface area (Å²) in [5, 5.41) is 20.2. The van der Waals surface area contributed by atoms with Gasteiger partial charge in [0.25, 0.3) is 0 Å². The van der Waals surface area contributed by atoms with Gasteiger partial charge in [0.1, 0.15) is 0 Å². The SMILES string of the molecule is Cc1cc(N2CCc3c(c(C)nn3CC34CCC(N(CCN(C)C(=O)O)C(=O)CBr)(CC3)CC4)C2)c2cnn(C)c2n1. The van der Waals surface area contributed by atoms with E-state index in [2.05, 4.69) is 43.6 Å². The van der Waals surface area contributed by atoms with Gasteiger partial charge in [-0.15, -0.1) is 0 Å². The van der Waals surface area contributed by atoms with E-state index in [0.717, 1.165) is 87.0 Å². The summed E-state index contributed by atoms with van der Waals surface area (Å²) in [5.41, 5.74) is 6.92. The lowest BCUT2D eigenvalue weighted by Gasteiger charge is -2.57. The van der Waals surface area contributed by atoms with Crippen LogP contribution < -0.4 is 4.90 Å². The summed E-state index contributed by atoms with van der Waals surface area (Å²) < 4.78 is 4.15. The number of pyridine rings is 1. The molecule has 1 N–H and O–H groups in total. The molecule has 42 heavy (non-hydrogen) atoms. The minimum absolute atomic E-state index is 0.0532. The first-order chi connectivity index (χ1) is 20.0. The second-order valence-electron chi connectivity index (χ2n) is 12.7. The third-order valence-electron chi connectivity index (χ3n) is 10.3. The van der Waals surface area contributed by atoms with Gasteiger partial charge in [-0.2, -0.15) is 10.2 Å². The quantitative estimate of drug-likeness (QED) is 0.366. The smallest absolute Gasteiger partial charge is 0.407 e. The van der Waals surface area contributed by atoms with Gasteiger partial charge in [-0.25, -0.2) is 9.78 Å². The molecule has 0 saturated heterocycles. The van der Waals surface area contributed by atoms with Crippen LogP contribution in [0.3, 0.4) is 0 Å². The van der Waals surface area contributed by atoms with E-state index in [-0.39, 0.29) is 22.2 Å². The molecule has 11 nitrogen and oxygen atoms in total. The number of fused-ring (bicyclic) bond motifs is 5. The molecule has 0 unspecified atom stereocenters. The van der Waals surface area contributed by atoms with E-state index in [1.165, 1.54) is 21.8 Å². The summed E-state index contributed by atoms with van der Waals surface area (Å²) in [6, 6.07) is 2.17. The number of nitrogens with zero attached hydrogens (tertiary/aromatic N) is 8. The number of rotatable bonds is 8. The first-order valence-corrected chi connectivity index (χ1v) is 16.1. The maximum absolute atomic E-state index is 13.0. The van der Waals surface area contributed by atoms with Crippen LogP contribution in [0.4, 0.5) is 10.5 Å². The molecule has 3 aromatic heterocycles. The van der Waals surface area contributed by atoms with Gasteiger partial charge < -0.3 is 19.8 Å². The number of carbonyl (C=O) groups excluding carboxylic acids is 1. The van der Waals surface area contributed by atoms with Crippen LogP contribution in [0, 0.1) is 19.3 Å². The standard InChI is InChI=1S/C30H41BrN8O3/c1-20-15-25(22-17-32-36(4)27(22)33-20)37-12-5-24-23(18-37)21(2)34-39(24)19-29-6-9-30(10-7-29,11-8-29)38(26(40)16-31)14-13-35(3)28(41)42/h15,17H,5-14,16,18-19H2,1-4H3,(H,41,42). The molecule has 2 bridgehead atoms. The number of likely N-dealkylation sites (N-methyl/N-ethyl adjacent to an activating group) is 1. The first kappa shape index (κ1) is 28.9. The molecule has 226 valence electrons. The number of carboxylic acid groups (broad SMARTS) is 1. The Balaban J connectivity index is 1.18. The van der Waals surface area contributed by atoms with Gasteiger partial charge in [0, 0.05) is 75.7 Å². The van der Waals surface area contributed by atoms with Gasteiger partial charge in [0.05, 0.1) is 28.3 Å². The fourth-order valence-electron chi connectivity index (χ4n) is 7.73. The van der Waals surface area contributed by atoms with Crippen molar-refractivity contribution in [2.24, 2.45) is 12.5 Å². The van der Waals surface area contributed by atoms with Crippen molar-refractivity contribution in [1.82, 2.24) is 34.3 Å². The Hall–Kier alpha value is -3.15. The summed E-state index contributed by atoms with van der Waals surface area (Å²) >= 11 is 3.37. The number of amides is 2. The van der Waals surface area contributed by atoms with E-state index in [4.69, 9.17) is 10.1 Å². The van der Waals surface area contributed by atoms with Gasteiger partial charge in [-0.05, 0) is 63.9 Å². The fraction of sp³-hybridized carbons (Fsp3) is 0.633. The van der Waals surface area contributed by atoms with Crippen molar-refractivity contribution in [3.05, 3.63) is 34.9 Å². The molecule has 3 aliphatic carbocycles. The molecule has 0 spiro atoms. The molecule has 3 aromatic rings. The van der Waals surface area contributed by atoms with E-state index in [1.807, 2.05) is 29.7 Å². The second-order valence-corrected chi connectivity index (χ2v) is 13.3. The number of aromatic nitrogens is 5. The van der Waals surface area contributed by atoms with Crippen LogP contribution in [0.2, 0.25) is 0 Å². The van der Waals surface area contributed by atoms with E-state index in [0.29, 0.717) is 13.1 Å². The van der Waals surface area contributed by atoms with E-state index < -0.39 is 6.09 Å². The number of hydrogen-bond donors (Lipinski definition) is 1. The Morgan fingerprint density at radius 2 is 1.83 bits per heavy atom. The highest BCUT2D eigenvalue weighted by molar-refractivity contribution is 9.09. The molecular weight excluding hydrogens is 600 g/mol. The molecule has 4 aliphatic rings. The Bertz CT molecular complexity index is 1510. The van der Waals surface area contributed by atoms with Gasteiger partial charge in [-0.1, -0.05) is 15.9 Å². The van der Waals surface area contributed by atoms with Crippen LogP contribution in [-0.4, -0.2) is 89.0 Å². The number of anilines is 1. The molecule has 4 heterocycles. The second kappa shape index (κ2) is 10.8. The molecule has 12 heteroatoms. The van der Waals surface area contributed by atoms with Gasteiger partial charge in [-0.3, -0.25) is 14.2 Å². The summed E-state index contributed by atoms with van der Waals surface area (Å²) in [4.78, 5) is 34.8. The molecule has 0 radical (unpaired) electrons. The van der Waals surface area contributed by atoms with Crippen LogP contribution in [0.15, 0.2) is 12.3 Å². The average molecular weight is 642 g/mol. The Kier molecular flexibility index (Phi) is 7.47. The van der Waals surface area contributed by atoms with Gasteiger partial charge >= 0.3 is 6.09 Å². The average Bonchev–Trinajstić information content (AvgIpc) is 3.51. The molecule has 7 rings (SSSR count). The zero-order valence-corrected chi connectivity index (χ0v) is 26.7. The highest BCUT2D eigenvalue weighted by atomic mass is 79.9. The van der Waals surface area contributed by atoms with Gasteiger partial charge in [0.2, 0.25) is 5.91 Å². The highest BCUT2D eigenvalue weighted by Crippen LogP contribution is 2.55. The topological polar surface area (TPSA) is 113 Å². The van der Waals surface area contributed by atoms with Crippen LogP contribution in [0.25, 0.3) is 11.0 Å². The minimum atomic E-state index is -0.965. The van der Waals surface area contributed by atoms with E-state index in [9.17, 15) is 14.7 Å². The predicted molar refractivity (Wildman–Crippen MR) is 164 cm³/mol. The van der Waals surface area contributed by atoms with Gasteiger partial charge in [0.15, 0.2) is 5.65 Å². The Labute approximate surface area is 255 Å². The third-order valence-corrected chi connectivity index (χ3v) is 10.8. The number of hydrogen-bond acceptors (Lipinski definition) is 6. The molecule has 1 aliphatic heterocycles. The molecule has 0 atom stereocenters. The van der Waals surface area contributed by atoms with Crippen molar-refractivity contribution in [1.29, 1.82) is 0 Å². The number of carbonyl (C=O) groups is 2. The summed E-state index contributed by atoms with van der Waals surface area (Å²) in [6.07, 6.45) is 7.96. The fourth-order valence-corrected chi connectivity index (χ4v) is 8.03. The summed E-state index contributed by atoms with van der Waals surface area (Å²) in [5.74, 6) is 0.0532. The van der Waals surface area contributed by atoms with Crippen LogP contribution in [0.5, 0.6) is 0 Å². The molecular formula is C30H41BrN8O3. The summed E-state index contributed by atoms with van der Waals surface area (Å²) in [7, 11) is 3.50. The maximum Gasteiger partial charge on any atom is 0.407 e. The summed E-state index contributed by atoms with van der Waals surface area (Å²) in [6.45, 7) is 7.62. The Morgan fingerprint density at radius 3 is 2.50 bits per heavy atom. The molecule has 2 amide bonds. The van der Waals surface area contributed by atoms with E-state index >= 15 is 0 Å². The Morgan fingerprint density at radius 1 is 1.12 bits per heavy atom. The lowest BCUT2D eigenvalue weighted by Crippen LogP contribution is -2.60. The van der Waals surface area contributed by atoms with Crippen molar-refractivity contribution in [3.8, 4) is 0 Å². The maximum atomic E-state index is 13.0. The lowest BCUT2D eigenvalue weighted by atomic mass is 9.56. The lowest BCUT2D eigenvalue weighted by molar-refractivity contribution is -0.143. The van der Waals surface area contributed by atoms with Crippen LogP contribution in [-0.2, 0) is 31.4 Å². The largest absolute Gasteiger partial charge is 0.465 e. The van der Waals surface area contributed by atoms with Crippen LogP contribution >= 0.6 is 15.9 Å².